The fourth-order valence-corrected chi connectivity index (χ4v) is 3.93. The fraction of sp³-hybridized carbons (Fsp3) is 0.500. The number of aryl methyl sites for hydroxylation is 1. The summed E-state index contributed by atoms with van der Waals surface area (Å²) in [5, 5.41) is 9.43. The molecule has 2 aromatic rings. The topological polar surface area (TPSA) is 30.7 Å². The maximum Gasteiger partial charge on any atom is 0.113 e. The van der Waals surface area contributed by atoms with E-state index >= 15 is 0 Å². The minimum Gasteiger partial charge on any atom is -0.248 e. The molecular formula is C16H21N3S. The zero-order chi connectivity index (χ0) is 13.9. The van der Waals surface area contributed by atoms with Gasteiger partial charge in [-0.2, -0.15) is 11.8 Å². The number of hydrogen-bond acceptors (Lipinski definition) is 3. The molecule has 4 heteroatoms. The Bertz CT molecular complexity index is 561. The van der Waals surface area contributed by atoms with Crippen LogP contribution in [0, 0.1) is 6.92 Å². The Hall–Kier alpha value is -1.29. The van der Waals surface area contributed by atoms with Crippen LogP contribution in [0.1, 0.15) is 37.3 Å². The summed E-state index contributed by atoms with van der Waals surface area (Å²) in [5.74, 6) is 0. The lowest BCUT2D eigenvalue weighted by molar-refractivity contribution is 0.334. The summed E-state index contributed by atoms with van der Waals surface area (Å²) < 4.78 is 2.09. The number of benzene rings is 1. The highest BCUT2D eigenvalue weighted by Crippen LogP contribution is 2.35. The van der Waals surface area contributed by atoms with Gasteiger partial charge in [0.15, 0.2) is 0 Å². The molecule has 1 aliphatic carbocycles. The molecule has 0 N–H and O–H groups in total. The lowest BCUT2D eigenvalue weighted by atomic mass is 9.95. The summed E-state index contributed by atoms with van der Waals surface area (Å²) in [6, 6.07) is 9.00. The highest BCUT2D eigenvalue weighted by molar-refractivity contribution is 7.99. The molecule has 1 aromatic heterocycles. The molecule has 0 unspecified atom stereocenters. The summed E-state index contributed by atoms with van der Waals surface area (Å²) in [6.45, 7) is 2.10. The van der Waals surface area contributed by atoms with Crippen molar-refractivity contribution in [3.63, 3.8) is 0 Å². The van der Waals surface area contributed by atoms with Gasteiger partial charge in [-0.1, -0.05) is 47.9 Å². The molecule has 106 valence electrons. The smallest absolute Gasteiger partial charge is 0.113 e. The Labute approximate surface area is 124 Å². The Morgan fingerprint density at radius 2 is 1.90 bits per heavy atom. The first-order valence-electron chi connectivity index (χ1n) is 7.29. The number of nitrogens with zero attached hydrogens (tertiary/aromatic N) is 3. The minimum atomic E-state index is 0.505. The van der Waals surface area contributed by atoms with Gasteiger partial charge in [-0.05, 0) is 26.0 Å². The van der Waals surface area contributed by atoms with Crippen LogP contribution in [0.2, 0.25) is 0 Å². The molecule has 1 saturated carbocycles. The van der Waals surface area contributed by atoms with Crippen molar-refractivity contribution >= 4 is 11.8 Å². The van der Waals surface area contributed by atoms with E-state index in [1.165, 1.54) is 31.2 Å². The zero-order valence-corrected chi connectivity index (χ0v) is 12.9. The third-order valence-corrected chi connectivity index (χ3v) is 5.32. The molecule has 1 fully saturated rings. The molecule has 0 radical (unpaired) electrons. The maximum absolute atomic E-state index is 4.39. The van der Waals surface area contributed by atoms with Crippen LogP contribution < -0.4 is 0 Å². The van der Waals surface area contributed by atoms with Gasteiger partial charge in [0.2, 0.25) is 0 Å². The SMILES string of the molecule is CS[C@@H]1CCCC[C@H]1n1cc(-c2ccc(C)cc2)nn1. The van der Waals surface area contributed by atoms with Gasteiger partial charge in [0.25, 0.3) is 0 Å². The lowest BCUT2D eigenvalue weighted by Gasteiger charge is -2.29. The van der Waals surface area contributed by atoms with Gasteiger partial charge in [0, 0.05) is 10.8 Å². The Morgan fingerprint density at radius 3 is 2.65 bits per heavy atom. The van der Waals surface area contributed by atoms with E-state index in [2.05, 4.69) is 58.6 Å². The van der Waals surface area contributed by atoms with Crippen LogP contribution in [-0.2, 0) is 0 Å². The number of rotatable bonds is 3. The van der Waals surface area contributed by atoms with Crippen LogP contribution in [0.3, 0.4) is 0 Å². The van der Waals surface area contributed by atoms with E-state index in [4.69, 9.17) is 0 Å². The van der Waals surface area contributed by atoms with Gasteiger partial charge in [-0.15, -0.1) is 5.10 Å². The summed E-state index contributed by atoms with van der Waals surface area (Å²) in [7, 11) is 0. The number of hydrogen-bond donors (Lipinski definition) is 0. The highest BCUT2D eigenvalue weighted by atomic mass is 32.2. The summed E-state index contributed by atoms with van der Waals surface area (Å²) in [6.07, 6.45) is 9.50. The van der Waals surface area contributed by atoms with Gasteiger partial charge in [-0.3, -0.25) is 0 Å². The molecule has 0 saturated heterocycles. The van der Waals surface area contributed by atoms with Crippen LogP contribution in [0.25, 0.3) is 11.3 Å². The second-order valence-corrected chi connectivity index (χ2v) is 6.65. The molecule has 20 heavy (non-hydrogen) atoms. The monoisotopic (exact) mass is 287 g/mol. The first-order chi connectivity index (χ1) is 9.78. The van der Waals surface area contributed by atoms with Crippen LogP contribution >= 0.6 is 11.8 Å². The van der Waals surface area contributed by atoms with Gasteiger partial charge in [-0.25, -0.2) is 4.68 Å². The third kappa shape index (κ3) is 2.75. The molecule has 3 nitrogen and oxygen atoms in total. The molecule has 0 bridgehead atoms. The second kappa shape index (κ2) is 6.00. The molecule has 3 rings (SSSR count). The zero-order valence-electron chi connectivity index (χ0n) is 12.1. The van der Waals surface area contributed by atoms with Crippen LogP contribution in [0.4, 0.5) is 0 Å². The molecule has 2 atom stereocenters. The van der Waals surface area contributed by atoms with Crippen molar-refractivity contribution in [3.8, 4) is 11.3 Å². The van der Waals surface area contributed by atoms with E-state index < -0.39 is 0 Å². The quantitative estimate of drug-likeness (QED) is 0.851. The fourth-order valence-electron chi connectivity index (χ4n) is 2.95. The van der Waals surface area contributed by atoms with E-state index in [1.54, 1.807) is 0 Å². The Kier molecular flexibility index (Phi) is 4.10. The predicted molar refractivity (Wildman–Crippen MR) is 85.0 cm³/mol. The summed E-state index contributed by atoms with van der Waals surface area (Å²) >= 11 is 1.97. The molecule has 1 aromatic carbocycles. The van der Waals surface area contributed by atoms with Crippen LogP contribution in [-0.4, -0.2) is 26.5 Å². The first kappa shape index (κ1) is 13.7. The Balaban J connectivity index is 1.84. The van der Waals surface area contributed by atoms with E-state index in [1.807, 2.05) is 11.8 Å². The summed E-state index contributed by atoms with van der Waals surface area (Å²) in [4.78, 5) is 0. The first-order valence-corrected chi connectivity index (χ1v) is 8.58. The van der Waals surface area contributed by atoms with Gasteiger partial charge in [0.05, 0.1) is 12.2 Å². The Morgan fingerprint density at radius 1 is 1.15 bits per heavy atom. The lowest BCUT2D eigenvalue weighted by Crippen LogP contribution is -2.25. The molecule has 1 heterocycles. The molecular weight excluding hydrogens is 266 g/mol. The summed E-state index contributed by atoms with van der Waals surface area (Å²) in [5.41, 5.74) is 3.41. The van der Waals surface area contributed by atoms with Crippen molar-refractivity contribution in [1.82, 2.24) is 15.0 Å². The van der Waals surface area contributed by atoms with Crippen molar-refractivity contribution in [2.75, 3.05) is 6.26 Å². The normalized spacial score (nSPS) is 22.9. The van der Waals surface area contributed by atoms with Crippen molar-refractivity contribution in [1.29, 1.82) is 0 Å². The van der Waals surface area contributed by atoms with E-state index in [9.17, 15) is 0 Å². The third-order valence-electron chi connectivity index (χ3n) is 4.17. The van der Waals surface area contributed by atoms with Crippen LogP contribution in [0.5, 0.6) is 0 Å². The van der Waals surface area contributed by atoms with E-state index in [-0.39, 0.29) is 0 Å². The largest absolute Gasteiger partial charge is 0.248 e. The average molecular weight is 287 g/mol. The van der Waals surface area contributed by atoms with E-state index in [0.29, 0.717) is 11.3 Å². The molecule has 1 aliphatic rings. The van der Waals surface area contributed by atoms with Crippen molar-refractivity contribution in [2.24, 2.45) is 0 Å². The molecule has 0 spiro atoms. The highest BCUT2D eigenvalue weighted by Gasteiger charge is 2.26. The molecule has 0 aliphatic heterocycles. The standard InChI is InChI=1S/C16H21N3S/c1-12-7-9-13(10-8-12)14-11-19(18-17-14)15-5-3-4-6-16(15)20-2/h7-11,15-16H,3-6H2,1-2H3/t15-,16-/m1/s1. The predicted octanol–water partition coefficient (Wildman–Crippen LogP) is 4.10. The van der Waals surface area contributed by atoms with Gasteiger partial charge < -0.3 is 0 Å². The van der Waals surface area contributed by atoms with Crippen molar-refractivity contribution in [2.45, 2.75) is 43.9 Å². The van der Waals surface area contributed by atoms with Crippen molar-refractivity contribution < 1.29 is 0 Å². The number of aromatic nitrogens is 3. The van der Waals surface area contributed by atoms with Crippen LogP contribution in [0.15, 0.2) is 30.5 Å². The minimum absolute atomic E-state index is 0.505. The van der Waals surface area contributed by atoms with Gasteiger partial charge in [0.1, 0.15) is 5.69 Å². The van der Waals surface area contributed by atoms with Crippen molar-refractivity contribution in [3.05, 3.63) is 36.0 Å². The maximum atomic E-state index is 4.39. The van der Waals surface area contributed by atoms with Gasteiger partial charge >= 0.3 is 0 Å². The average Bonchev–Trinajstić information content (AvgIpc) is 2.97. The number of thioether (sulfide) groups is 1. The van der Waals surface area contributed by atoms with E-state index in [0.717, 1.165) is 11.3 Å². The molecule has 0 amide bonds. The second-order valence-electron chi connectivity index (χ2n) is 5.58.